The molecule has 154 valence electrons. The highest BCUT2D eigenvalue weighted by Crippen LogP contribution is 2.40. The first-order valence-corrected chi connectivity index (χ1v) is 10.5. The molecular formula is C20H25N5O3S. The SMILES string of the molecule is COc1cc(OCc2ccnc(N)n2)c(C)c2sc(NC3CCCC[C@@H]3O)nc12. The monoisotopic (exact) mass is 415 g/mol. The number of thiazole rings is 1. The van der Waals surface area contributed by atoms with E-state index in [-0.39, 0.29) is 24.7 Å². The number of aliphatic hydroxyl groups is 1. The van der Waals surface area contributed by atoms with Crippen molar-refractivity contribution >= 4 is 32.6 Å². The molecule has 0 radical (unpaired) electrons. The summed E-state index contributed by atoms with van der Waals surface area (Å²) >= 11 is 1.55. The van der Waals surface area contributed by atoms with Crippen LogP contribution in [-0.2, 0) is 6.61 Å². The molecule has 8 nitrogen and oxygen atoms in total. The molecule has 0 spiro atoms. The van der Waals surface area contributed by atoms with Crippen molar-refractivity contribution in [2.24, 2.45) is 0 Å². The van der Waals surface area contributed by atoms with Crippen molar-refractivity contribution < 1.29 is 14.6 Å². The van der Waals surface area contributed by atoms with Gasteiger partial charge < -0.3 is 25.6 Å². The molecule has 0 saturated heterocycles. The fraction of sp³-hybridized carbons (Fsp3) is 0.450. The fourth-order valence-corrected chi connectivity index (χ4v) is 4.64. The maximum absolute atomic E-state index is 10.3. The lowest BCUT2D eigenvalue weighted by Crippen LogP contribution is -2.36. The lowest BCUT2D eigenvalue weighted by Gasteiger charge is -2.27. The van der Waals surface area contributed by atoms with Crippen molar-refractivity contribution in [3.05, 3.63) is 29.6 Å². The molecule has 1 aliphatic carbocycles. The number of fused-ring (bicyclic) bond motifs is 1. The molecule has 1 saturated carbocycles. The number of nitrogens with one attached hydrogen (secondary N) is 1. The molecule has 3 aromatic rings. The summed E-state index contributed by atoms with van der Waals surface area (Å²) in [5.74, 6) is 1.58. The average molecular weight is 416 g/mol. The first kappa shape index (κ1) is 19.7. The van der Waals surface area contributed by atoms with Gasteiger partial charge in [-0.05, 0) is 25.8 Å². The van der Waals surface area contributed by atoms with E-state index in [2.05, 4.69) is 15.3 Å². The van der Waals surface area contributed by atoms with Crippen molar-refractivity contribution in [1.82, 2.24) is 15.0 Å². The van der Waals surface area contributed by atoms with Gasteiger partial charge in [0, 0.05) is 17.8 Å². The number of nitrogens with zero attached hydrogens (tertiary/aromatic N) is 3. The zero-order valence-electron chi connectivity index (χ0n) is 16.5. The van der Waals surface area contributed by atoms with Gasteiger partial charge in [0.1, 0.15) is 23.6 Å². The maximum Gasteiger partial charge on any atom is 0.220 e. The molecule has 4 rings (SSSR count). The minimum absolute atomic E-state index is 0.0366. The zero-order chi connectivity index (χ0) is 20.4. The molecule has 1 unspecified atom stereocenters. The maximum atomic E-state index is 10.3. The minimum Gasteiger partial charge on any atom is -0.494 e. The second-order valence-electron chi connectivity index (χ2n) is 7.20. The van der Waals surface area contributed by atoms with Crippen LogP contribution in [0.1, 0.15) is 36.9 Å². The summed E-state index contributed by atoms with van der Waals surface area (Å²) in [7, 11) is 1.62. The molecule has 4 N–H and O–H groups in total. The topological polar surface area (TPSA) is 115 Å². The molecule has 0 aliphatic heterocycles. The molecular weight excluding hydrogens is 390 g/mol. The van der Waals surface area contributed by atoms with E-state index < -0.39 is 0 Å². The normalized spacial score (nSPS) is 19.3. The van der Waals surface area contributed by atoms with Crippen LogP contribution in [0.2, 0.25) is 0 Å². The van der Waals surface area contributed by atoms with Crippen LogP contribution in [-0.4, -0.2) is 39.3 Å². The quantitative estimate of drug-likeness (QED) is 0.562. The Balaban J connectivity index is 1.60. The second kappa shape index (κ2) is 8.38. The van der Waals surface area contributed by atoms with Gasteiger partial charge in [0.2, 0.25) is 5.95 Å². The Hall–Kier alpha value is -2.65. The number of aryl methyl sites for hydroxylation is 1. The van der Waals surface area contributed by atoms with Gasteiger partial charge in [-0.1, -0.05) is 24.2 Å². The lowest BCUT2D eigenvalue weighted by atomic mass is 9.93. The smallest absolute Gasteiger partial charge is 0.220 e. The Labute approximate surface area is 173 Å². The minimum atomic E-state index is -0.335. The van der Waals surface area contributed by atoms with Crippen molar-refractivity contribution in [1.29, 1.82) is 0 Å². The van der Waals surface area contributed by atoms with Crippen LogP contribution in [0.3, 0.4) is 0 Å². The number of aliphatic hydroxyl groups excluding tert-OH is 1. The molecule has 0 bridgehead atoms. The van der Waals surface area contributed by atoms with E-state index in [9.17, 15) is 5.11 Å². The number of hydrogen-bond donors (Lipinski definition) is 3. The summed E-state index contributed by atoms with van der Waals surface area (Å²) in [5, 5.41) is 14.5. The Morgan fingerprint density at radius 3 is 2.86 bits per heavy atom. The first-order valence-electron chi connectivity index (χ1n) is 9.68. The molecule has 29 heavy (non-hydrogen) atoms. The Morgan fingerprint density at radius 1 is 1.28 bits per heavy atom. The van der Waals surface area contributed by atoms with Gasteiger partial charge in [-0.25, -0.2) is 15.0 Å². The van der Waals surface area contributed by atoms with E-state index in [0.717, 1.165) is 46.6 Å². The van der Waals surface area contributed by atoms with Gasteiger partial charge in [0.05, 0.1) is 29.6 Å². The van der Waals surface area contributed by atoms with E-state index in [1.165, 1.54) is 0 Å². The number of ether oxygens (including phenoxy) is 2. The standard InChI is InChI=1S/C20H25N5O3S/c1-11-15(28-10-12-7-8-22-19(21)23-12)9-16(27-2)17-18(11)29-20(25-17)24-13-5-3-4-6-14(13)26/h7-9,13-14,26H,3-6,10H2,1-2H3,(H,24,25)(H2,21,22,23)/t13?,14-/m0/s1. The largest absolute Gasteiger partial charge is 0.494 e. The Kier molecular flexibility index (Phi) is 5.68. The molecule has 0 amide bonds. The summed E-state index contributed by atoms with van der Waals surface area (Å²) in [6.45, 7) is 2.28. The van der Waals surface area contributed by atoms with Crippen molar-refractivity contribution in [2.45, 2.75) is 51.4 Å². The molecule has 2 heterocycles. The van der Waals surface area contributed by atoms with Gasteiger partial charge in [-0.15, -0.1) is 0 Å². The first-order chi connectivity index (χ1) is 14.0. The molecule has 2 aromatic heterocycles. The number of benzene rings is 1. The number of rotatable bonds is 6. The third-order valence-electron chi connectivity index (χ3n) is 5.20. The van der Waals surface area contributed by atoms with Crippen LogP contribution in [0.5, 0.6) is 11.5 Å². The molecule has 1 aliphatic rings. The van der Waals surface area contributed by atoms with Crippen LogP contribution >= 0.6 is 11.3 Å². The zero-order valence-corrected chi connectivity index (χ0v) is 17.3. The van der Waals surface area contributed by atoms with Gasteiger partial charge in [0.25, 0.3) is 0 Å². The van der Waals surface area contributed by atoms with Crippen LogP contribution in [0.15, 0.2) is 18.3 Å². The van der Waals surface area contributed by atoms with Gasteiger partial charge >= 0.3 is 0 Å². The number of hydrogen-bond acceptors (Lipinski definition) is 9. The number of nitrogen functional groups attached to an aromatic ring is 1. The average Bonchev–Trinajstić information content (AvgIpc) is 3.14. The van der Waals surface area contributed by atoms with E-state index >= 15 is 0 Å². The number of methoxy groups -OCH3 is 1. The van der Waals surface area contributed by atoms with E-state index in [0.29, 0.717) is 17.2 Å². The number of anilines is 2. The van der Waals surface area contributed by atoms with Crippen LogP contribution in [0.4, 0.5) is 11.1 Å². The molecule has 1 fully saturated rings. The summed E-state index contributed by atoms with van der Waals surface area (Å²) in [4.78, 5) is 12.8. The van der Waals surface area contributed by atoms with Crippen molar-refractivity contribution in [3.8, 4) is 11.5 Å². The summed E-state index contributed by atoms with van der Waals surface area (Å²) < 4.78 is 12.6. The van der Waals surface area contributed by atoms with E-state index in [4.69, 9.17) is 20.2 Å². The Bertz CT molecular complexity index is 1010. The summed E-state index contributed by atoms with van der Waals surface area (Å²) in [5.41, 5.74) is 8.12. The highest BCUT2D eigenvalue weighted by molar-refractivity contribution is 7.22. The van der Waals surface area contributed by atoms with Crippen molar-refractivity contribution in [2.75, 3.05) is 18.2 Å². The predicted molar refractivity (Wildman–Crippen MR) is 114 cm³/mol. The highest BCUT2D eigenvalue weighted by Gasteiger charge is 2.24. The Morgan fingerprint density at radius 2 is 2.10 bits per heavy atom. The molecule has 1 aromatic carbocycles. The van der Waals surface area contributed by atoms with Crippen LogP contribution < -0.4 is 20.5 Å². The van der Waals surface area contributed by atoms with Gasteiger partial charge in [-0.3, -0.25) is 0 Å². The third-order valence-corrected chi connectivity index (χ3v) is 6.30. The van der Waals surface area contributed by atoms with Gasteiger partial charge in [-0.2, -0.15) is 0 Å². The van der Waals surface area contributed by atoms with Crippen LogP contribution in [0.25, 0.3) is 10.2 Å². The lowest BCUT2D eigenvalue weighted by molar-refractivity contribution is 0.116. The van der Waals surface area contributed by atoms with E-state index in [1.807, 2.05) is 13.0 Å². The highest BCUT2D eigenvalue weighted by atomic mass is 32.1. The second-order valence-corrected chi connectivity index (χ2v) is 8.20. The number of aromatic nitrogens is 3. The summed E-state index contributed by atoms with van der Waals surface area (Å²) in [6.07, 6.45) is 5.25. The predicted octanol–water partition coefficient (Wildman–Crippen LogP) is 3.28. The van der Waals surface area contributed by atoms with Crippen LogP contribution in [0, 0.1) is 6.92 Å². The summed E-state index contributed by atoms with van der Waals surface area (Å²) in [6, 6.07) is 3.65. The van der Waals surface area contributed by atoms with Crippen molar-refractivity contribution in [3.63, 3.8) is 0 Å². The number of nitrogens with two attached hydrogens (primary N) is 1. The van der Waals surface area contributed by atoms with E-state index in [1.54, 1.807) is 30.7 Å². The third kappa shape index (κ3) is 4.20. The molecule has 9 heteroatoms. The molecule has 2 atom stereocenters. The van der Waals surface area contributed by atoms with Gasteiger partial charge in [0.15, 0.2) is 5.13 Å². The fourth-order valence-electron chi connectivity index (χ4n) is 3.60.